The van der Waals surface area contributed by atoms with Gasteiger partial charge in [-0.15, -0.1) is 24.0 Å². The predicted octanol–water partition coefficient (Wildman–Crippen LogP) is 2.33. The molecule has 2 heterocycles. The molecule has 1 saturated carbocycles. The summed E-state index contributed by atoms with van der Waals surface area (Å²) >= 11 is 0. The van der Waals surface area contributed by atoms with Crippen molar-refractivity contribution < 1.29 is 9.53 Å². The number of nitrogens with zero attached hydrogens (tertiary/aromatic N) is 3. The molecule has 0 radical (unpaired) electrons. The van der Waals surface area contributed by atoms with Crippen LogP contribution in [0, 0.1) is 11.8 Å². The average molecular weight is 478 g/mol. The van der Waals surface area contributed by atoms with Crippen molar-refractivity contribution in [3.63, 3.8) is 0 Å². The Hall–Kier alpha value is -0.570. The van der Waals surface area contributed by atoms with Gasteiger partial charge in [0.2, 0.25) is 5.91 Å². The van der Waals surface area contributed by atoms with Crippen molar-refractivity contribution in [2.24, 2.45) is 16.8 Å². The van der Waals surface area contributed by atoms with Gasteiger partial charge in [-0.05, 0) is 50.4 Å². The fraction of sp³-hybridized carbons (Fsp3) is 0.895. The van der Waals surface area contributed by atoms with Crippen LogP contribution in [0.3, 0.4) is 0 Å². The van der Waals surface area contributed by atoms with Crippen LogP contribution in [-0.4, -0.2) is 74.1 Å². The van der Waals surface area contributed by atoms with Crippen molar-refractivity contribution in [1.29, 1.82) is 0 Å². The number of aliphatic imine (C=N–C) groups is 1. The van der Waals surface area contributed by atoms with Gasteiger partial charge in [0.1, 0.15) is 0 Å². The number of carbonyl (C=O) groups excluding carboxylic acids is 1. The Morgan fingerprint density at radius 1 is 1.00 bits per heavy atom. The van der Waals surface area contributed by atoms with E-state index in [1.807, 2.05) is 11.9 Å². The lowest BCUT2D eigenvalue weighted by molar-refractivity contribution is -0.130. The number of carbonyl (C=O) groups is 1. The van der Waals surface area contributed by atoms with Gasteiger partial charge in [-0.1, -0.05) is 0 Å². The normalized spacial score (nSPS) is 22.9. The van der Waals surface area contributed by atoms with Crippen molar-refractivity contribution >= 4 is 35.8 Å². The second-order valence-electron chi connectivity index (χ2n) is 7.84. The fourth-order valence-electron chi connectivity index (χ4n) is 3.81. The molecule has 0 aromatic rings. The quantitative estimate of drug-likeness (QED) is 0.375. The predicted molar refractivity (Wildman–Crippen MR) is 115 cm³/mol. The molecule has 3 rings (SSSR count). The zero-order valence-electron chi connectivity index (χ0n) is 16.3. The maximum absolute atomic E-state index is 11.4. The van der Waals surface area contributed by atoms with Gasteiger partial charge in [-0.3, -0.25) is 9.79 Å². The Morgan fingerprint density at radius 3 is 2.15 bits per heavy atom. The molecule has 3 fully saturated rings. The molecule has 150 valence electrons. The van der Waals surface area contributed by atoms with Crippen molar-refractivity contribution in [1.82, 2.24) is 15.1 Å². The molecule has 0 atom stereocenters. The van der Waals surface area contributed by atoms with E-state index in [1.54, 1.807) is 6.92 Å². The molecule has 0 unspecified atom stereocenters. The Labute approximate surface area is 175 Å². The third kappa shape index (κ3) is 6.55. The van der Waals surface area contributed by atoms with Crippen LogP contribution in [0.1, 0.15) is 45.4 Å². The molecule has 1 aliphatic carbocycles. The SMILES string of the molecule is CN=C(NCC1CCN(C(C)=O)CC1)N1CCC(OCC2CC2)CC1.I. The van der Waals surface area contributed by atoms with Gasteiger partial charge in [0.25, 0.3) is 0 Å². The van der Waals surface area contributed by atoms with Gasteiger partial charge in [-0.25, -0.2) is 0 Å². The van der Waals surface area contributed by atoms with E-state index in [-0.39, 0.29) is 29.9 Å². The molecule has 2 saturated heterocycles. The number of likely N-dealkylation sites (tertiary alicyclic amines) is 2. The molecule has 1 N–H and O–H groups in total. The van der Waals surface area contributed by atoms with Crippen LogP contribution >= 0.6 is 24.0 Å². The van der Waals surface area contributed by atoms with E-state index in [0.717, 1.165) is 76.9 Å². The van der Waals surface area contributed by atoms with Crippen LogP contribution in [-0.2, 0) is 9.53 Å². The van der Waals surface area contributed by atoms with E-state index in [2.05, 4.69) is 15.2 Å². The molecule has 0 bridgehead atoms. The molecule has 0 aromatic heterocycles. The number of guanidine groups is 1. The standard InChI is InChI=1S/C19H34N4O2.HI/c1-15(24)22-9-5-16(6-10-22)13-21-19(20-2)23-11-7-18(8-12-23)25-14-17-3-4-17;/h16-18H,3-14H2,1-2H3,(H,20,21);1H. The highest BCUT2D eigenvalue weighted by Crippen LogP contribution is 2.30. The number of rotatable bonds is 5. The summed E-state index contributed by atoms with van der Waals surface area (Å²) in [4.78, 5) is 20.2. The second-order valence-corrected chi connectivity index (χ2v) is 7.84. The highest BCUT2D eigenvalue weighted by Gasteiger charge is 2.27. The van der Waals surface area contributed by atoms with Gasteiger partial charge >= 0.3 is 0 Å². The van der Waals surface area contributed by atoms with E-state index in [0.29, 0.717) is 12.0 Å². The summed E-state index contributed by atoms with van der Waals surface area (Å²) in [6.45, 7) is 7.43. The summed E-state index contributed by atoms with van der Waals surface area (Å²) in [6, 6.07) is 0. The van der Waals surface area contributed by atoms with Gasteiger partial charge in [0, 0.05) is 53.3 Å². The molecule has 3 aliphatic rings. The number of halogens is 1. The fourth-order valence-corrected chi connectivity index (χ4v) is 3.81. The number of hydrogen-bond acceptors (Lipinski definition) is 3. The minimum Gasteiger partial charge on any atom is -0.378 e. The summed E-state index contributed by atoms with van der Waals surface area (Å²) in [7, 11) is 1.87. The first-order valence-electron chi connectivity index (χ1n) is 9.98. The molecule has 1 amide bonds. The smallest absolute Gasteiger partial charge is 0.219 e. The number of nitrogens with one attached hydrogen (secondary N) is 1. The number of hydrogen-bond donors (Lipinski definition) is 1. The summed E-state index contributed by atoms with van der Waals surface area (Å²) < 4.78 is 6.03. The van der Waals surface area contributed by atoms with Crippen LogP contribution < -0.4 is 5.32 Å². The van der Waals surface area contributed by atoms with E-state index in [4.69, 9.17) is 4.74 Å². The Bertz CT molecular complexity index is 468. The molecule has 7 heteroatoms. The first-order chi connectivity index (χ1) is 12.2. The number of ether oxygens (including phenoxy) is 1. The van der Waals surface area contributed by atoms with Crippen LogP contribution in [0.2, 0.25) is 0 Å². The van der Waals surface area contributed by atoms with Crippen molar-refractivity contribution in [2.75, 3.05) is 46.4 Å². The largest absolute Gasteiger partial charge is 0.378 e. The lowest BCUT2D eigenvalue weighted by Crippen LogP contribution is -2.49. The Balaban J connectivity index is 0.00000243. The van der Waals surface area contributed by atoms with Crippen LogP contribution in [0.15, 0.2) is 4.99 Å². The summed E-state index contributed by atoms with van der Waals surface area (Å²) in [5, 5.41) is 3.56. The van der Waals surface area contributed by atoms with Crippen LogP contribution in [0.4, 0.5) is 0 Å². The number of amides is 1. The number of piperidine rings is 2. The third-order valence-corrected chi connectivity index (χ3v) is 5.83. The first-order valence-corrected chi connectivity index (χ1v) is 9.98. The summed E-state index contributed by atoms with van der Waals surface area (Å²) in [5.74, 6) is 2.71. The first kappa shape index (κ1) is 21.7. The monoisotopic (exact) mass is 478 g/mol. The second kappa shape index (κ2) is 10.7. The van der Waals surface area contributed by atoms with Gasteiger partial charge in [0.15, 0.2) is 5.96 Å². The van der Waals surface area contributed by atoms with Crippen LogP contribution in [0.5, 0.6) is 0 Å². The van der Waals surface area contributed by atoms with Crippen molar-refractivity contribution in [3.8, 4) is 0 Å². The Kier molecular flexibility index (Phi) is 8.93. The van der Waals surface area contributed by atoms with E-state index in [9.17, 15) is 4.79 Å². The van der Waals surface area contributed by atoms with Gasteiger partial charge < -0.3 is 19.9 Å². The highest BCUT2D eigenvalue weighted by atomic mass is 127. The topological polar surface area (TPSA) is 57.2 Å². The highest BCUT2D eigenvalue weighted by molar-refractivity contribution is 14.0. The lowest BCUT2D eigenvalue weighted by Gasteiger charge is -2.36. The molecular formula is C19H35IN4O2. The molecular weight excluding hydrogens is 443 g/mol. The maximum atomic E-state index is 11.4. The third-order valence-electron chi connectivity index (χ3n) is 5.83. The molecule has 2 aliphatic heterocycles. The minimum absolute atomic E-state index is 0. The van der Waals surface area contributed by atoms with Gasteiger partial charge in [-0.2, -0.15) is 0 Å². The minimum atomic E-state index is 0. The average Bonchev–Trinajstić information content (AvgIpc) is 3.46. The molecule has 0 aromatic carbocycles. The van der Waals surface area contributed by atoms with E-state index in [1.165, 1.54) is 12.8 Å². The van der Waals surface area contributed by atoms with E-state index < -0.39 is 0 Å². The van der Waals surface area contributed by atoms with Gasteiger partial charge in [0.05, 0.1) is 6.10 Å². The zero-order valence-corrected chi connectivity index (χ0v) is 18.6. The maximum Gasteiger partial charge on any atom is 0.219 e. The summed E-state index contributed by atoms with van der Waals surface area (Å²) in [5.41, 5.74) is 0. The van der Waals surface area contributed by atoms with Crippen molar-refractivity contribution in [3.05, 3.63) is 0 Å². The van der Waals surface area contributed by atoms with E-state index >= 15 is 0 Å². The summed E-state index contributed by atoms with van der Waals surface area (Å²) in [6.07, 6.45) is 7.53. The van der Waals surface area contributed by atoms with Crippen molar-refractivity contribution in [2.45, 2.75) is 51.6 Å². The molecule has 6 nitrogen and oxygen atoms in total. The van der Waals surface area contributed by atoms with Crippen LogP contribution in [0.25, 0.3) is 0 Å². The lowest BCUT2D eigenvalue weighted by atomic mass is 9.97. The zero-order chi connectivity index (χ0) is 17.6. The Morgan fingerprint density at radius 2 is 1.62 bits per heavy atom. The molecule has 26 heavy (non-hydrogen) atoms. The molecule has 0 spiro atoms.